The highest BCUT2D eigenvalue weighted by atomic mass is 127. The van der Waals surface area contributed by atoms with Crippen LogP contribution in [0.3, 0.4) is 0 Å². The van der Waals surface area contributed by atoms with Crippen molar-refractivity contribution in [2.24, 2.45) is 0 Å². The summed E-state index contributed by atoms with van der Waals surface area (Å²) in [5.41, 5.74) is 0.600. The maximum absolute atomic E-state index is 12.4. The number of methoxy groups -OCH3 is 2. The molecule has 0 saturated heterocycles. The molecule has 0 fully saturated rings. The van der Waals surface area contributed by atoms with E-state index >= 15 is 0 Å². The Morgan fingerprint density at radius 1 is 1.22 bits per heavy atom. The molecule has 0 N–H and O–H groups in total. The van der Waals surface area contributed by atoms with Gasteiger partial charge in [0, 0.05) is 22.7 Å². The minimum Gasteiger partial charge on any atom is -0.497 e. The zero-order valence-corrected chi connectivity index (χ0v) is 13.3. The maximum Gasteiger partial charge on any atom is 0.258 e. The Bertz CT molecular complexity index is 430. The first-order valence-corrected chi connectivity index (χ1v) is 6.87. The lowest BCUT2D eigenvalue weighted by Crippen LogP contribution is -2.31. The topological polar surface area (TPSA) is 38.8 Å². The molecule has 0 atom stereocenters. The number of amides is 1. The lowest BCUT2D eigenvalue weighted by Gasteiger charge is -2.21. The van der Waals surface area contributed by atoms with Crippen molar-refractivity contribution in [3.63, 3.8) is 0 Å². The fourth-order valence-electron chi connectivity index (χ4n) is 1.71. The lowest BCUT2D eigenvalue weighted by atomic mass is 10.1. The molecule has 5 heteroatoms. The largest absolute Gasteiger partial charge is 0.497 e. The summed E-state index contributed by atoms with van der Waals surface area (Å²) in [7, 11) is 3.15. The molecule has 0 saturated carbocycles. The standard InChI is InChI=1S/C13H18INO3/c1-5-15(6-2)13(16)12-10(14)7-9(17-3)8-11(12)18-4/h7-8H,5-6H2,1-4H3. The van der Waals surface area contributed by atoms with Gasteiger partial charge in [-0.05, 0) is 42.5 Å². The molecule has 100 valence electrons. The van der Waals surface area contributed by atoms with Crippen LogP contribution in [0.25, 0.3) is 0 Å². The van der Waals surface area contributed by atoms with Crippen LogP contribution in [-0.2, 0) is 0 Å². The summed E-state index contributed by atoms with van der Waals surface area (Å²) >= 11 is 2.13. The van der Waals surface area contributed by atoms with Crippen molar-refractivity contribution in [3.8, 4) is 11.5 Å². The third kappa shape index (κ3) is 3.07. The summed E-state index contributed by atoms with van der Waals surface area (Å²) in [6, 6.07) is 3.57. The molecule has 1 aromatic carbocycles. The van der Waals surface area contributed by atoms with E-state index in [2.05, 4.69) is 22.6 Å². The van der Waals surface area contributed by atoms with Crippen molar-refractivity contribution < 1.29 is 14.3 Å². The lowest BCUT2D eigenvalue weighted by molar-refractivity contribution is 0.0768. The van der Waals surface area contributed by atoms with Crippen molar-refractivity contribution in [1.29, 1.82) is 0 Å². The summed E-state index contributed by atoms with van der Waals surface area (Å²) in [4.78, 5) is 14.2. The summed E-state index contributed by atoms with van der Waals surface area (Å²) in [5.74, 6) is 1.23. The SMILES string of the molecule is CCN(CC)C(=O)c1c(I)cc(OC)cc1OC. The van der Waals surface area contributed by atoms with Crippen LogP contribution in [0.5, 0.6) is 11.5 Å². The second-order valence-corrected chi connectivity index (χ2v) is 4.83. The molecule has 1 amide bonds. The van der Waals surface area contributed by atoms with Crippen molar-refractivity contribution in [2.75, 3.05) is 27.3 Å². The molecular weight excluding hydrogens is 345 g/mol. The Labute approximate surface area is 121 Å². The molecule has 0 bridgehead atoms. The molecule has 0 spiro atoms. The number of carbonyl (C=O) groups is 1. The van der Waals surface area contributed by atoms with Gasteiger partial charge >= 0.3 is 0 Å². The van der Waals surface area contributed by atoms with Gasteiger partial charge in [0.15, 0.2) is 0 Å². The number of rotatable bonds is 5. The smallest absolute Gasteiger partial charge is 0.258 e. The van der Waals surface area contributed by atoms with E-state index in [1.54, 1.807) is 25.2 Å². The molecule has 0 unspecified atom stereocenters. The predicted molar refractivity (Wildman–Crippen MR) is 79.5 cm³/mol. The van der Waals surface area contributed by atoms with Crippen LogP contribution in [0.15, 0.2) is 12.1 Å². The van der Waals surface area contributed by atoms with Gasteiger partial charge < -0.3 is 14.4 Å². The number of halogens is 1. The van der Waals surface area contributed by atoms with E-state index in [0.717, 1.165) is 3.57 Å². The Hall–Kier alpha value is -0.980. The Kier molecular flexibility index (Phi) is 5.71. The zero-order valence-electron chi connectivity index (χ0n) is 11.1. The zero-order chi connectivity index (χ0) is 13.7. The number of benzene rings is 1. The van der Waals surface area contributed by atoms with Crippen LogP contribution in [0.1, 0.15) is 24.2 Å². The van der Waals surface area contributed by atoms with E-state index in [1.165, 1.54) is 0 Å². The highest BCUT2D eigenvalue weighted by Gasteiger charge is 2.21. The molecule has 0 aliphatic rings. The van der Waals surface area contributed by atoms with Crippen molar-refractivity contribution in [1.82, 2.24) is 4.90 Å². The second kappa shape index (κ2) is 6.82. The number of carbonyl (C=O) groups excluding carboxylic acids is 1. The molecule has 0 aromatic heterocycles. The first-order valence-electron chi connectivity index (χ1n) is 5.79. The van der Waals surface area contributed by atoms with Crippen LogP contribution in [0, 0.1) is 3.57 Å². The number of nitrogens with zero attached hydrogens (tertiary/aromatic N) is 1. The van der Waals surface area contributed by atoms with E-state index in [1.807, 2.05) is 19.9 Å². The average molecular weight is 363 g/mol. The fraction of sp³-hybridized carbons (Fsp3) is 0.462. The molecule has 4 nitrogen and oxygen atoms in total. The first kappa shape index (κ1) is 15.1. The minimum absolute atomic E-state index is 0.0103. The minimum atomic E-state index is -0.0103. The van der Waals surface area contributed by atoms with Gasteiger partial charge in [0.1, 0.15) is 11.5 Å². The van der Waals surface area contributed by atoms with E-state index in [4.69, 9.17) is 9.47 Å². The Balaban J connectivity index is 3.26. The molecule has 0 aliphatic heterocycles. The normalized spacial score (nSPS) is 10.1. The summed E-state index contributed by atoms with van der Waals surface area (Å²) in [5, 5.41) is 0. The Morgan fingerprint density at radius 2 is 1.83 bits per heavy atom. The maximum atomic E-state index is 12.4. The van der Waals surface area contributed by atoms with E-state index in [-0.39, 0.29) is 5.91 Å². The van der Waals surface area contributed by atoms with E-state index in [0.29, 0.717) is 30.2 Å². The highest BCUT2D eigenvalue weighted by molar-refractivity contribution is 14.1. The van der Waals surface area contributed by atoms with Crippen LogP contribution < -0.4 is 9.47 Å². The van der Waals surface area contributed by atoms with Gasteiger partial charge in [-0.3, -0.25) is 4.79 Å². The van der Waals surface area contributed by atoms with Gasteiger partial charge in [-0.2, -0.15) is 0 Å². The Morgan fingerprint density at radius 3 is 2.28 bits per heavy atom. The van der Waals surface area contributed by atoms with Crippen LogP contribution in [0.2, 0.25) is 0 Å². The van der Waals surface area contributed by atoms with Gasteiger partial charge in [0.2, 0.25) is 0 Å². The van der Waals surface area contributed by atoms with E-state index in [9.17, 15) is 4.79 Å². The van der Waals surface area contributed by atoms with Crippen LogP contribution >= 0.6 is 22.6 Å². The number of ether oxygens (including phenoxy) is 2. The third-order valence-corrected chi connectivity index (χ3v) is 3.60. The molecule has 1 aromatic rings. The van der Waals surface area contributed by atoms with Gasteiger partial charge in [0.25, 0.3) is 5.91 Å². The molecule has 0 aliphatic carbocycles. The quantitative estimate of drug-likeness (QED) is 0.756. The molecule has 0 radical (unpaired) electrons. The molecule has 1 rings (SSSR count). The summed E-state index contributed by atoms with van der Waals surface area (Å²) in [6.45, 7) is 5.29. The van der Waals surface area contributed by atoms with Gasteiger partial charge in [-0.15, -0.1) is 0 Å². The van der Waals surface area contributed by atoms with E-state index < -0.39 is 0 Å². The van der Waals surface area contributed by atoms with Crippen molar-refractivity contribution in [2.45, 2.75) is 13.8 Å². The molecule has 18 heavy (non-hydrogen) atoms. The predicted octanol–water partition coefficient (Wildman–Crippen LogP) is 2.79. The monoisotopic (exact) mass is 363 g/mol. The van der Waals surface area contributed by atoms with Crippen LogP contribution in [-0.4, -0.2) is 38.1 Å². The van der Waals surface area contributed by atoms with Crippen molar-refractivity contribution in [3.05, 3.63) is 21.3 Å². The first-order chi connectivity index (χ1) is 8.58. The van der Waals surface area contributed by atoms with Crippen LogP contribution in [0.4, 0.5) is 0 Å². The number of hydrogen-bond donors (Lipinski definition) is 0. The number of hydrogen-bond acceptors (Lipinski definition) is 3. The highest BCUT2D eigenvalue weighted by Crippen LogP contribution is 2.30. The second-order valence-electron chi connectivity index (χ2n) is 3.66. The third-order valence-electron chi connectivity index (χ3n) is 2.75. The summed E-state index contributed by atoms with van der Waals surface area (Å²) < 4.78 is 11.3. The van der Waals surface area contributed by atoms with Gasteiger partial charge in [-0.25, -0.2) is 0 Å². The summed E-state index contributed by atoms with van der Waals surface area (Å²) in [6.07, 6.45) is 0. The fourth-order valence-corrected chi connectivity index (χ4v) is 2.52. The van der Waals surface area contributed by atoms with Gasteiger partial charge in [-0.1, -0.05) is 0 Å². The molecule has 0 heterocycles. The van der Waals surface area contributed by atoms with Crippen molar-refractivity contribution >= 4 is 28.5 Å². The average Bonchev–Trinajstić information content (AvgIpc) is 2.38. The molecular formula is C13H18INO3. The van der Waals surface area contributed by atoms with Gasteiger partial charge in [0.05, 0.1) is 19.8 Å².